The van der Waals surface area contributed by atoms with Crippen LogP contribution >= 0.6 is 0 Å². The predicted molar refractivity (Wildman–Crippen MR) is 67.1 cm³/mol. The van der Waals surface area contributed by atoms with E-state index in [0.29, 0.717) is 6.54 Å². The molecule has 0 fully saturated rings. The van der Waals surface area contributed by atoms with Crippen LogP contribution in [0.1, 0.15) is 5.56 Å². The van der Waals surface area contributed by atoms with Crippen molar-refractivity contribution in [3.05, 3.63) is 48.5 Å². The summed E-state index contributed by atoms with van der Waals surface area (Å²) in [5.74, 6) is -0.209. The number of benzene rings is 1. The topological polar surface area (TPSA) is 39.1 Å². The highest BCUT2D eigenvalue weighted by Crippen LogP contribution is 2.22. The largest absolute Gasteiger partial charge is 0.573 e. The van der Waals surface area contributed by atoms with Crippen molar-refractivity contribution in [1.29, 1.82) is 0 Å². The first-order chi connectivity index (χ1) is 9.53. The van der Waals surface area contributed by atoms with Crippen molar-refractivity contribution in [3.8, 4) is 5.75 Å². The summed E-state index contributed by atoms with van der Waals surface area (Å²) in [6.45, 7) is 2.12. The summed E-state index contributed by atoms with van der Waals surface area (Å²) in [5, 5.41) is 3.20. The summed E-state index contributed by atoms with van der Waals surface area (Å²) in [4.78, 5) is 3.93. The van der Waals surface area contributed by atoms with Crippen LogP contribution in [-0.4, -0.2) is 22.5 Å². The molecule has 0 unspecified atom stereocenters. The van der Waals surface area contributed by atoms with Gasteiger partial charge in [-0.25, -0.2) is 4.98 Å². The van der Waals surface area contributed by atoms with Crippen molar-refractivity contribution >= 4 is 0 Å². The third-order valence-electron chi connectivity index (χ3n) is 2.59. The first-order valence-electron chi connectivity index (χ1n) is 6.04. The quantitative estimate of drug-likeness (QED) is 0.829. The van der Waals surface area contributed by atoms with Crippen LogP contribution in [0.4, 0.5) is 13.2 Å². The van der Waals surface area contributed by atoms with Gasteiger partial charge in [0, 0.05) is 32.0 Å². The Morgan fingerprint density at radius 1 is 1.20 bits per heavy atom. The predicted octanol–water partition coefficient (Wildman–Crippen LogP) is 2.57. The number of rotatable bonds is 6. The zero-order valence-electron chi connectivity index (χ0n) is 10.6. The monoisotopic (exact) mass is 285 g/mol. The maximum absolute atomic E-state index is 12.0. The molecule has 2 aromatic rings. The molecular weight excluding hydrogens is 271 g/mol. The summed E-state index contributed by atoms with van der Waals surface area (Å²) in [6.07, 6.45) is 0.653. The van der Waals surface area contributed by atoms with Gasteiger partial charge in [0.25, 0.3) is 0 Å². The Labute approximate surface area is 114 Å². The van der Waals surface area contributed by atoms with Crippen LogP contribution in [0.15, 0.2) is 43.0 Å². The maximum atomic E-state index is 12.0. The fraction of sp³-hybridized carbons (Fsp3) is 0.308. The molecule has 1 heterocycles. The Morgan fingerprint density at radius 3 is 2.55 bits per heavy atom. The van der Waals surface area contributed by atoms with Crippen LogP contribution in [-0.2, 0) is 13.1 Å². The SMILES string of the molecule is FC(F)(F)Oc1ccc(CNCCn2ccnc2)cc1. The molecule has 0 aliphatic heterocycles. The maximum Gasteiger partial charge on any atom is 0.573 e. The van der Waals surface area contributed by atoms with Crippen LogP contribution in [0.2, 0.25) is 0 Å². The first kappa shape index (κ1) is 14.4. The van der Waals surface area contributed by atoms with Crippen molar-refractivity contribution in [2.24, 2.45) is 0 Å². The number of imidazole rings is 1. The number of ether oxygens (including phenoxy) is 1. The fourth-order valence-electron chi connectivity index (χ4n) is 1.67. The number of halogens is 3. The van der Waals surface area contributed by atoms with E-state index in [0.717, 1.165) is 18.7 Å². The van der Waals surface area contributed by atoms with E-state index in [9.17, 15) is 13.2 Å². The molecular formula is C13H14F3N3O. The molecule has 1 N–H and O–H groups in total. The molecule has 7 heteroatoms. The highest BCUT2D eigenvalue weighted by molar-refractivity contribution is 5.27. The summed E-state index contributed by atoms with van der Waals surface area (Å²) in [7, 11) is 0. The second-order valence-corrected chi connectivity index (χ2v) is 4.17. The average molecular weight is 285 g/mol. The molecule has 0 radical (unpaired) electrons. The Morgan fingerprint density at radius 2 is 1.95 bits per heavy atom. The molecule has 0 saturated carbocycles. The van der Waals surface area contributed by atoms with Crippen molar-refractivity contribution in [3.63, 3.8) is 0 Å². The van der Waals surface area contributed by atoms with Crippen LogP contribution in [0, 0.1) is 0 Å². The standard InChI is InChI=1S/C13H14F3N3O/c14-13(15,16)20-12-3-1-11(2-4-12)9-17-5-7-19-8-6-18-10-19/h1-4,6,8,10,17H,5,7,9H2. The van der Waals surface area contributed by atoms with Crippen LogP contribution < -0.4 is 10.1 Å². The van der Waals surface area contributed by atoms with Gasteiger partial charge in [0.15, 0.2) is 0 Å². The van der Waals surface area contributed by atoms with Crippen molar-refractivity contribution in [2.45, 2.75) is 19.5 Å². The minimum absolute atomic E-state index is 0.209. The number of alkyl halides is 3. The van der Waals surface area contributed by atoms with Gasteiger partial charge < -0.3 is 14.6 Å². The van der Waals surface area contributed by atoms with Gasteiger partial charge in [-0.1, -0.05) is 12.1 Å². The van der Waals surface area contributed by atoms with Gasteiger partial charge in [-0.3, -0.25) is 0 Å². The number of nitrogens with zero attached hydrogens (tertiary/aromatic N) is 2. The fourth-order valence-corrected chi connectivity index (χ4v) is 1.67. The zero-order valence-corrected chi connectivity index (χ0v) is 10.6. The van der Waals surface area contributed by atoms with Crippen LogP contribution in [0.3, 0.4) is 0 Å². The van der Waals surface area contributed by atoms with Gasteiger partial charge in [0.05, 0.1) is 6.33 Å². The van der Waals surface area contributed by atoms with Gasteiger partial charge in [0.1, 0.15) is 5.75 Å². The van der Waals surface area contributed by atoms with E-state index in [1.165, 1.54) is 12.1 Å². The van der Waals surface area contributed by atoms with Gasteiger partial charge in [0.2, 0.25) is 0 Å². The van der Waals surface area contributed by atoms with E-state index in [4.69, 9.17) is 0 Å². The number of hydrogen-bond donors (Lipinski definition) is 1. The lowest BCUT2D eigenvalue weighted by Gasteiger charge is -2.09. The normalized spacial score (nSPS) is 11.6. The Balaban J connectivity index is 1.73. The molecule has 1 aromatic heterocycles. The van der Waals surface area contributed by atoms with E-state index >= 15 is 0 Å². The van der Waals surface area contributed by atoms with Gasteiger partial charge >= 0.3 is 6.36 Å². The lowest BCUT2D eigenvalue weighted by atomic mass is 10.2. The Kier molecular flexibility index (Phi) is 4.62. The van der Waals surface area contributed by atoms with Crippen molar-refractivity contribution in [1.82, 2.24) is 14.9 Å². The molecule has 0 aliphatic carbocycles. The molecule has 0 atom stereocenters. The highest BCUT2D eigenvalue weighted by atomic mass is 19.4. The molecule has 0 amide bonds. The summed E-state index contributed by atoms with van der Waals surface area (Å²) >= 11 is 0. The molecule has 0 saturated heterocycles. The molecule has 108 valence electrons. The molecule has 1 aromatic carbocycles. The molecule has 2 rings (SSSR count). The first-order valence-corrected chi connectivity index (χ1v) is 6.04. The molecule has 0 bridgehead atoms. The molecule has 4 nitrogen and oxygen atoms in total. The zero-order chi connectivity index (χ0) is 14.4. The minimum atomic E-state index is -4.65. The number of aromatic nitrogens is 2. The van der Waals surface area contributed by atoms with Gasteiger partial charge in [-0.15, -0.1) is 13.2 Å². The van der Waals surface area contributed by atoms with Crippen molar-refractivity contribution < 1.29 is 17.9 Å². The van der Waals surface area contributed by atoms with E-state index in [1.807, 2.05) is 10.8 Å². The Hall–Kier alpha value is -2.02. The molecule has 0 aliphatic rings. The summed E-state index contributed by atoms with van der Waals surface area (Å²) in [6, 6.07) is 5.82. The summed E-state index contributed by atoms with van der Waals surface area (Å²) in [5.41, 5.74) is 0.894. The van der Waals surface area contributed by atoms with Gasteiger partial charge in [-0.2, -0.15) is 0 Å². The number of hydrogen-bond acceptors (Lipinski definition) is 3. The third kappa shape index (κ3) is 4.93. The lowest BCUT2D eigenvalue weighted by Crippen LogP contribution is -2.19. The van der Waals surface area contributed by atoms with E-state index in [-0.39, 0.29) is 5.75 Å². The third-order valence-corrected chi connectivity index (χ3v) is 2.59. The molecule has 0 spiro atoms. The van der Waals surface area contributed by atoms with E-state index in [1.54, 1.807) is 24.7 Å². The van der Waals surface area contributed by atoms with Crippen LogP contribution in [0.25, 0.3) is 0 Å². The smallest absolute Gasteiger partial charge is 0.406 e. The highest BCUT2D eigenvalue weighted by Gasteiger charge is 2.30. The average Bonchev–Trinajstić information content (AvgIpc) is 2.88. The van der Waals surface area contributed by atoms with Gasteiger partial charge in [-0.05, 0) is 17.7 Å². The summed E-state index contributed by atoms with van der Waals surface area (Å²) < 4.78 is 41.7. The lowest BCUT2D eigenvalue weighted by molar-refractivity contribution is -0.274. The second-order valence-electron chi connectivity index (χ2n) is 4.17. The van der Waals surface area contributed by atoms with Crippen LogP contribution in [0.5, 0.6) is 5.75 Å². The minimum Gasteiger partial charge on any atom is -0.406 e. The Bertz CT molecular complexity index is 509. The van der Waals surface area contributed by atoms with Crippen molar-refractivity contribution in [2.75, 3.05) is 6.54 Å². The van der Waals surface area contributed by atoms with E-state index < -0.39 is 6.36 Å². The second kappa shape index (κ2) is 6.42. The molecule has 20 heavy (non-hydrogen) atoms. The van der Waals surface area contributed by atoms with E-state index in [2.05, 4.69) is 15.0 Å². The number of nitrogens with one attached hydrogen (secondary N) is 1.